The SMILES string of the molecule is O=C(Nc1nc(-c2ccccc2)cs1)c1ccc(-n2cnc3ccccc3c2=O)cc1. The Kier molecular flexibility index (Phi) is 4.86. The number of benzene rings is 3. The molecule has 0 saturated heterocycles. The largest absolute Gasteiger partial charge is 0.298 e. The lowest BCUT2D eigenvalue weighted by Gasteiger charge is -2.08. The molecule has 2 heterocycles. The number of hydrogen-bond donors (Lipinski definition) is 1. The molecule has 0 bridgehead atoms. The predicted octanol–water partition coefficient (Wildman–Crippen LogP) is 4.76. The van der Waals surface area contributed by atoms with Gasteiger partial charge in [0.25, 0.3) is 11.5 Å². The average molecular weight is 424 g/mol. The lowest BCUT2D eigenvalue weighted by molar-refractivity contribution is 0.102. The van der Waals surface area contributed by atoms with E-state index in [1.165, 1.54) is 22.2 Å². The summed E-state index contributed by atoms with van der Waals surface area (Å²) in [6, 6.07) is 23.8. The number of nitrogens with one attached hydrogen (secondary N) is 1. The zero-order valence-electron chi connectivity index (χ0n) is 16.2. The van der Waals surface area contributed by atoms with Crippen molar-refractivity contribution >= 4 is 33.3 Å². The zero-order chi connectivity index (χ0) is 21.2. The number of rotatable bonds is 4. The molecule has 6 nitrogen and oxygen atoms in total. The smallest absolute Gasteiger partial charge is 0.265 e. The molecule has 0 unspecified atom stereocenters. The number of thiazole rings is 1. The second kappa shape index (κ2) is 7.97. The van der Waals surface area contributed by atoms with Gasteiger partial charge in [0, 0.05) is 16.5 Å². The Morgan fingerprint density at radius 1 is 0.903 bits per heavy atom. The van der Waals surface area contributed by atoms with Crippen molar-refractivity contribution in [1.82, 2.24) is 14.5 Å². The normalized spacial score (nSPS) is 10.8. The molecule has 0 aliphatic rings. The van der Waals surface area contributed by atoms with E-state index >= 15 is 0 Å². The fourth-order valence-electron chi connectivity index (χ4n) is 3.27. The van der Waals surface area contributed by atoms with Gasteiger partial charge in [-0.05, 0) is 36.4 Å². The fraction of sp³-hybridized carbons (Fsp3) is 0. The summed E-state index contributed by atoms with van der Waals surface area (Å²) in [5.74, 6) is -0.260. The highest BCUT2D eigenvalue weighted by atomic mass is 32.1. The van der Waals surface area contributed by atoms with Gasteiger partial charge in [0.2, 0.25) is 0 Å². The lowest BCUT2D eigenvalue weighted by Crippen LogP contribution is -2.19. The average Bonchev–Trinajstić information content (AvgIpc) is 3.29. The van der Waals surface area contributed by atoms with Crippen LogP contribution >= 0.6 is 11.3 Å². The first kappa shape index (κ1) is 18.9. The van der Waals surface area contributed by atoms with Crippen LogP contribution in [-0.4, -0.2) is 20.4 Å². The van der Waals surface area contributed by atoms with E-state index in [2.05, 4.69) is 15.3 Å². The maximum atomic E-state index is 12.7. The van der Waals surface area contributed by atoms with Gasteiger partial charge in [-0.25, -0.2) is 9.97 Å². The summed E-state index contributed by atoms with van der Waals surface area (Å²) in [5.41, 5.74) is 3.43. The molecule has 1 amide bonds. The minimum Gasteiger partial charge on any atom is -0.298 e. The van der Waals surface area contributed by atoms with Crippen molar-refractivity contribution in [1.29, 1.82) is 0 Å². The van der Waals surface area contributed by atoms with E-state index in [-0.39, 0.29) is 11.5 Å². The third kappa shape index (κ3) is 3.74. The van der Waals surface area contributed by atoms with Gasteiger partial charge < -0.3 is 0 Å². The van der Waals surface area contributed by atoms with Crippen molar-refractivity contribution in [3.8, 4) is 16.9 Å². The van der Waals surface area contributed by atoms with Crippen LogP contribution in [0.5, 0.6) is 0 Å². The molecule has 2 aromatic heterocycles. The lowest BCUT2D eigenvalue weighted by atomic mass is 10.2. The maximum absolute atomic E-state index is 12.7. The molecule has 0 saturated carbocycles. The highest BCUT2D eigenvalue weighted by Crippen LogP contribution is 2.25. The van der Waals surface area contributed by atoms with Crippen LogP contribution in [0.25, 0.3) is 27.8 Å². The molecule has 0 fully saturated rings. The Morgan fingerprint density at radius 3 is 2.45 bits per heavy atom. The molecule has 0 atom stereocenters. The van der Waals surface area contributed by atoms with Crippen molar-refractivity contribution in [2.45, 2.75) is 0 Å². The quantitative estimate of drug-likeness (QED) is 0.451. The van der Waals surface area contributed by atoms with Crippen molar-refractivity contribution in [2.75, 3.05) is 5.32 Å². The summed E-state index contributed by atoms with van der Waals surface area (Å²) < 4.78 is 1.47. The van der Waals surface area contributed by atoms with Crippen molar-refractivity contribution < 1.29 is 4.79 Å². The summed E-state index contributed by atoms with van der Waals surface area (Å²) in [7, 11) is 0. The Morgan fingerprint density at radius 2 is 1.65 bits per heavy atom. The number of amides is 1. The zero-order valence-corrected chi connectivity index (χ0v) is 17.0. The fourth-order valence-corrected chi connectivity index (χ4v) is 3.98. The Bertz CT molecular complexity index is 1440. The number of para-hydroxylation sites is 1. The van der Waals surface area contributed by atoms with Gasteiger partial charge in [-0.3, -0.25) is 19.5 Å². The van der Waals surface area contributed by atoms with Crippen LogP contribution in [0.15, 0.2) is 95.4 Å². The van der Waals surface area contributed by atoms with E-state index in [9.17, 15) is 9.59 Å². The topological polar surface area (TPSA) is 76.9 Å². The van der Waals surface area contributed by atoms with Gasteiger partial charge in [0.05, 0.1) is 22.3 Å². The monoisotopic (exact) mass is 424 g/mol. The molecule has 3 aromatic carbocycles. The molecule has 7 heteroatoms. The third-order valence-electron chi connectivity index (χ3n) is 4.87. The number of nitrogens with zero attached hydrogens (tertiary/aromatic N) is 3. The molecule has 150 valence electrons. The van der Waals surface area contributed by atoms with Crippen molar-refractivity contribution in [3.05, 3.63) is 106 Å². The van der Waals surface area contributed by atoms with E-state index in [1.54, 1.807) is 36.4 Å². The van der Waals surface area contributed by atoms with Gasteiger partial charge >= 0.3 is 0 Å². The number of aromatic nitrogens is 3. The van der Waals surface area contributed by atoms with E-state index < -0.39 is 0 Å². The summed E-state index contributed by atoms with van der Waals surface area (Å²) in [6.45, 7) is 0. The Labute approximate surface area is 181 Å². The van der Waals surface area contributed by atoms with Crippen LogP contribution in [0, 0.1) is 0 Å². The second-order valence-electron chi connectivity index (χ2n) is 6.84. The number of fused-ring (bicyclic) bond motifs is 1. The molecule has 31 heavy (non-hydrogen) atoms. The maximum Gasteiger partial charge on any atom is 0.265 e. The van der Waals surface area contributed by atoms with Crippen LogP contribution in [0.2, 0.25) is 0 Å². The van der Waals surface area contributed by atoms with Crippen molar-refractivity contribution in [3.63, 3.8) is 0 Å². The molecular formula is C24H16N4O2S. The highest BCUT2D eigenvalue weighted by molar-refractivity contribution is 7.14. The van der Waals surface area contributed by atoms with Crippen LogP contribution < -0.4 is 10.9 Å². The van der Waals surface area contributed by atoms with Gasteiger partial charge in [0.1, 0.15) is 6.33 Å². The molecule has 1 N–H and O–H groups in total. The minimum absolute atomic E-state index is 0.154. The molecule has 0 aliphatic heterocycles. The van der Waals surface area contributed by atoms with E-state index in [0.717, 1.165) is 11.3 Å². The minimum atomic E-state index is -0.260. The third-order valence-corrected chi connectivity index (χ3v) is 5.63. The molecule has 5 aromatic rings. The first-order valence-corrected chi connectivity index (χ1v) is 10.5. The summed E-state index contributed by atoms with van der Waals surface area (Å²) in [4.78, 5) is 34.2. The molecule has 0 radical (unpaired) electrons. The summed E-state index contributed by atoms with van der Waals surface area (Å²) in [5, 5.41) is 5.82. The van der Waals surface area contributed by atoms with E-state index in [4.69, 9.17) is 0 Å². The number of anilines is 1. The van der Waals surface area contributed by atoms with Gasteiger partial charge in [0.15, 0.2) is 5.13 Å². The first-order valence-electron chi connectivity index (χ1n) is 9.58. The molecule has 0 spiro atoms. The summed E-state index contributed by atoms with van der Waals surface area (Å²) >= 11 is 1.37. The second-order valence-corrected chi connectivity index (χ2v) is 7.70. The number of carbonyl (C=O) groups is 1. The predicted molar refractivity (Wildman–Crippen MR) is 123 cm³/mol. The standard InChI is InChI=1S/C24H16N4O2S/c29-22(27-24-26-21(14-31-24)16-6-2-1-3-7-16)17-10-12-18(13-11-17)28-15-25-20-9-5-4-8-19(20)23(28)30/h1-15H,(H,26,27,29). The van der Waals surface area contributed by atoms with Gasteiger partial charge in [-0.1, -0.05) is 42.5 Å². The van der Waals surface area contributed by atoms with Crippen LogP contribution in [0.4, 0.5) is 5.13 Å². The number of carbonyl (C=O) groups excluding carboxylic acids is 1. The summed E-state index contributed by atoms with van der Waals surface area (Å²) in [6.07, 6.45) is 1.50. The molecule has 0 aliphatic carbocycles. The molecular weight excluding hydrogens is 408 g/mol. The number of hydrogen-bond acceptors (Lipinski definition) is 5. The van der Waals surface area contributed by atoms with Gasteiger partial charge in [-0.15, -0.1) is 11.3 Å². The van der Waals surface area contributed by atoms with Crippen LogP contribution in [0.1, 0.15) is 10.4 Å². The first-order chi connectivity index (χ1) is 15.2. The van der Waals surface area contributed by atoms with E-state index in [0.29, 0.717) is 27.3 Å². The van der Waals surface area contributed by atoms with Crippen molar-refractivity contribution in [2.24, 2.45) is 0 Å². The highest BCUT2D eigenvalue weighted by Gasteiger charge is 2.11. The Hall–Kier alpha value is -4.10. The van der Waals surface area contributed by atoms with E-state index in [1.807, 2.05) is 47.8 Å². The van der Waals surface area contributed by atoms with Gasteiger partial charge in [-0.2, -0.15) is 0 Å². The van der Waals surface area contributed by atoms with Crippen LogP contribution in [-0.2, 0) is 0 Å². The Balaban J connectivity index is 1.36. The van der Waals surface area contributed by atoms with Crippen LogP contribution in [0.3, 0.4) is 0 Å². The molecule has 5 rings (SSSR count).